The van der Waals surface area contributed by atoms with Gasteiger partial charge in [0.25, 0.3) is 0 Å². The largest absolute Gasteiger partial charge is 0.544 e. The zero-order chi connectivity index (χ0) is 19.2. The van der Waals surface area contributed by atoms with Gasteiger partial charge in [-0.3, -0.25) is 0 Å². The van der Waals surface area contributed by atoms with Crippen LogP contribution < -0.4 is 4.43 Å². The first-order valence-corrected chi connectivity index (χ1v) is 12.5. The summed E-state index contributed by atoms with van der Waals surface area (Å²) in [5.74, 6) is 0.972. The molecule has 0 fully saturated rings. The van der Waals surface area contributed by atoms with Gasteiger partial charge >= 0.3 is 0 Å². The van der Waals surface area contributed by atoms with Crippen molar-refractivity contribution in [1.29, 1.82) is 0 Å². The third-order valence-electron chi connectivity index (χ3n) is 5.49. The first kappa shape index (κ1) is 20.7. The predicted molar refractivity (Wildman–Crippen MR) is 113 cm³/mol. The van der Waals surface area contributed by atoms with E-state index in [0.29, 0.717) is 0 Å². The Morgan fingerprint density at radius 3 is 2.08 bits per heavy atom. The molecule has 1 atom stereocenters. The van der Waals surface area contributed by atoms with Crippen LogP contribution in [0.15, 0.2) is 54.6 Å². The molecular formula is C23H34O2Si. The highest BCUT2D eigenvalue weighted by Gasteiger charge is 2.38. The third-order valence-corrected chi connectivity index (χ3v) is 9.85. The quantitative estimate of drug-likeness (QED) is 0.477. The molecular weight excluding hydrogens is 336 g/mol. The van der Waals surface area contributed by atoms with Crippen molar-refractivity contribution in [2.75, 3.05) is 7.11 Å². The number of hydrogen-bond acceptors (Lipinski definition) is 2. The molecule has 0 radical (unpaired) electrons. The highest BCUT2D eigenvalue weighted by molar-refractivity contribution is 6.74. The van der Waals surface area contributed by atoms with Crippen LogP contribution in [0.2, 0.25) is 18.1 Å². The second kappa shape index (κ2) is 8.87. The Balaban J connectivity index is 1.94. The van der Waals surface area contributed by atoms with Crippen LogP contribution in [0.25, 0.3) is 0 Å². The Kier molecular flexibility index (Phi) is 7.07. The summed E-state index contributed by atoms with van der Waals surface area (Å²) in [5, 5.41) is 0.207. The van der Waals surface area contributed by atoms with Gasteiger partial charge in [0, 0.05) is 7.11 Å². The van der Waals surface area contributed by atoms with Crippen molar-refractivity contribution in [3.8, 4) is 5.75 Å². The summed E-state index contributed by atoms with van der Waals surface area (Å²) in [6, 6.07) is 19.1. The average molecular weight is 371 g/mol. The lowest BCUT2D eigenvalue weighted by molar-refractivity contribution is 0.0938. The molecule has 0 heterocycles. The topological polar surface area (TPSA) is 18.5 Å². The van der Waals surface area contributed by atoms with Crippen molar-refractivity contribution >= 4 is 8.32 Å². The van der Waals surface area contributed by atoms with Gasteiger partial charge in [-0.1, -0.05) is 63.2 Å². The molecule has 2 aromatic rings. The van der Waals surface area contributed by atoms with E-state index in [1.165, 1.54) is 11.1 Å². The summed E-state index contributed by atoms with van der Waals surface area (Å²) in [6.45, 7) is 11.4. The minimum atomic E-state index is -1.79. The molecule has 3 heteroatoms. The lowest BCUT2D eigenvalue weighted by Gasteiger charge is -2.36. The molecule has 0 bridgehead atoms. The normalized spacial score (nSPS) is 13.5. The molecule has 0 spiro atoms. The van der Waals surface area contributed by atoms with E-state index in [1.807, 2.05) is 0 Å². The number of rotatable bonds is 8. The Morgan fingerprint density at radius 2 is 1.54 bits per heavy atom. The van der Waals surface area contributed by atoms with Gasteiger partial charge in [0.15, 0.2) is 0 Å². The van der Waals surface area contributed by atoms with E-state index in [1.54, 1.807) is 7.11 Å². The van der Waals surface area contributed by atoms with E-state index in [2.05, 4.69) is 88.5 Å². The summed E-state index contributed by atoms with van der Waals surface area (Å²) in [6.07, 6.45) is 3.37. The Hall–Kier alpha value is -1.58. The Morgan fingerprint density at radius 1 is 0.923 bits per heavy atom. The first-order chi connectivity index (χ1) is 12.2. The van der Waals surface area contributed by atoms with E-state index in [9.17, 15) is 0 Å². The van der Waals surface area contributed by atoms with Crippen molar-refractivity contribution in [2.24, 2.45) is 0 Å². The summed E-state index contributed by atoms with van der Waals surface area (Å²) < 4.78 is 12.1. The fourth-order valence-corrected chi connectivity index (χ4v) is 3.79. The fourth-order valence-electron chi connectivity index (χ4n) is 2.76. The molecule has 0 amide bonds. The molecule has 0 aliphatic rings. The van der Waals surface area contributed by atoms with Crippen molar-refractivity contribution < 1.29 is 9.16 Å². The van der Waals surface area contributed by atoms with Gasteiger partial charge in [-0.15, -0.1) is 0 Å². The van der Waals surface area contributed by atoms with Crippen LogP contribution in [0.1, 0.15) is 50.8 Å². The van der Waals surface area contributed by atoms with Gasteiger partial charge in [0.2, 0.25) is 8.32 Å². The van der Waals surface area contributed by atoms with Crippen LogP contribution in [-0.2, 0) is 11.2 Å². The first-order valence-electron chi connectivity index (χ1n) is 9.58. The van der Waals surface area contributed by atoms with Gasteiger partial charge in [-0.2, -0.15) is 0 Å². The Bertz CT molecular complexity index is 657. The standard InChI is InChI=1S/C23H34O2Si/c1-23(2,3)26(5,6)25-21-17-15-20(16-18-21)22(24-4)14-10-13-19-11-8-7-9-12-19/h7-9,11-12,15-18,22H,10,13-14H2,1-6H3. The summed E-state index contributed by atoms with van der Waals surface area (Å²) in [7, 11) is 0.0105. The minimum Gasteiger partial charge on any atom is -0.544 e. The summed E-state index contributed by atoms with van der Waals surface area (Å²) in [5.41, 5.74) is 2.61. The van der Waals surface area contributed by atoms with Crippen LogP contribution >= 0.6 is 0 Å². The molecule has 26 heavy (non-hydrogen) atoms. The maximum Gasteiger partial charge on any atom is 0.250 e. The molecule has 2 nitrogen and oxygen atoms in total. The maximum atomic E-state index is 6.37. The van der Waals surface area contributed by atoms with Crippen molar-refractivity contribution in [3.63, 3.8) is 0 Å². The Labute approximate surface area is 160 Å². The second-order valence-corrected chi connectivity index (χ2v) is 13.3. The molecule has 0 saturated carbocycles. The molecule has 1 unspecified atom stereocenters. The van der Waals surface area contributed by atoms with E-state index in [4.69, 9.17) is 9.16 Å². The van der Waals surface area contributed by atoms with E-state index in [-0.39, 0.29) is 11.1 Å². The zero-order valence-corrected chi connectivity index (χ0v) is 18.2. The predicted octanol–water partition coefficient (Wildman–Crippen LogP) is 6.78. The lowest BCUT2D eigenvalue weighted by atomic mass is 10.0. The summed E-state index contributed by atoms with van der Waals surface area (Å²) >= 11 is 0. The highest BCUT2D eigenvalue weighted by atomic mass is 28.4. The van der Waals surface area contributed by atoms with E-state index >= 15 is 0 Å². The van der Waals surface area contributed by atoms with E-state index in [0.717, 1.165) is 25.0 Å². The number of ether oxygens (including phenoxy) is 1. The molecule has 2 rings (SSSR count). The van der Waals surface area contributed by atoms with Crippen molar-refractivity contribution in [1.82, 2.24) is 0 Å². The average Bonchev–Trinajstić information content (AvgIpc) is 2.59. The SMILES string of the molecule is COC(CCCc1ccccc1)c1ccc(O[Si](C)(C)C(C)(C)C)cc1. The van der Waals surface area contributed by atoms with Crippen LogP contribution in [0.4, 0.5) is 0 Å². The number of benzene rings is 2. The minimum absolute atomic E-state index is 0.139. The second-order valence-electron chi connectivity index (χ2n) is 8.53. The van der Waals surface area contributed by atoms with Gasteiger partial charge in [0.05, 0.1) is 6.10 Å². The van der Waals surface area contributed by atoms with Gasteiger partial charge in [0.1, 0.15) is 5.75 Å². The maximum absolute atomic E-state index is 6.37. The molecule has 2 aromatic carbocycles. The van der Waals surface area contributed by atoms with Crippen molar-refractivity contribution in [2.45, 2.75) is 64.3 Å². The third kappa shape index (κ3) is 5.71. The monoisotopic (exact) mass is 370 g/mol. The van der Waals surface area contributed by atoms with Crippen molar-refractivity contribution in [3.05, 3.63) is 65.7 Å². The molecule has 0 saturated heterocycles. The smallest absolute Gasteiger partial charge is 0.250 e. The van der Waals surface area contributed by atoms with Gasteiger partial charge in [-0.05, 0) is 60.7 Å². The molecule has 0 N–H and O–H groups in total. The molecule has 0 aromatic heterocycles. The van der Waals surface area contributed by atoms with E-state index < -0.39 is 8.32 Å². The molecule has 0 aliphatic heterocycles. The zero-order valence-electron chi connectivity index (χ0n) is 17.2. The van der Waals surface area contributed by atoms with Crippen LogP contribution in [0.3, 0.4) is 0 Å². The number of methoxy groups -OCH3 is 1. The van der Waals surface area contributed by atoms with Gasteiger partial charge in [-0.25, -0.2) is 0 Å². The highest BCUT2D eigenvalue weighted by Crippen LogP contribution is 2.37. The molecule has 0 aliphatic carbocycles. The fraction of sp³-hybridized carbons (Fsp3) is 0.478. The number of hydrogen-bond donors (Lipinski definition) is 0. The van der Waals surface area contributed by atoms with Gasteiger partial charge < -0.3 is 9.16 Å². The van der Waals surface area contributed by atoms with Crippen LogP contribution in [-0.4, -0.2) is 15.4 Å². The molecule has 142 valence electrons. The number of aryl methyl sites for hydroxylation is 1. The summed E-state index contributed by atoms with van der Waals surface area (Å²) in [4.78, 5) is 0. The van der Waals surface area contributed by atoms with Crippen LogP contribution in [0.5, 0.6) is 5.75 Å². The lowest BCUT2D eigenvalue weighted by Crippen LogP contribution is -2.43. The van der Waals surface area contributed by atoms with Crippen LogP contribution in [0, 0.1) is 0 Å².